The predicted octanol–water partition coefficient (Wildman–Crippen LogP) is 2.80. The predicted molar refractivity (Wildman–Crippen MR) is 118 cm³/mol. The molecule has 0 radical (unpaired) electrons. The zero-order valence-electron chi connectivity index (χ0n) is 18.1. The Kier molecular flexibility index (Phi) is 7.52. The van der Waals surface area contributed by atoms with Gasteiger partial charge < -0.3 is 10.6 Å². The van der Waals surface area contributed by atoms with Crippen molar-refractivity contribution in [1.82, 2.24) is 20.2 Å². The Morgan fingerprint density at radius 1 is 1.00 bits per heavy atom. The number of anilines is 1. The van der Waals surface area contributed by atoms with Crippen LogP contribution in [0.1, 0.15) is 52.4 Å². The number of likely N-dealkylation sites (tertiary alicyclic amines) is 1. The second-order valence-electron chi connectivity index (χ2n) is 7.99. The fraction of sp³-hybridized carbons (Fsp3) is 0.478. The van der Waals surface area contributed by atoms with E-state index in [1.807, 2.05) is 32.9 Å². The second-order valence-corrected chi connectivity index (χ2v) is 7.99. The van der Waals surface area contributed by atoms with E-state index >= 15 is 0 Å². The van der Waals surface area contributed by atoms with Gasteiger partial charge in [0.25, 0.3) is 5.91 Å². The lowest BCUT2D eigenvalue weighted by molar-refractivity contribution is -0.117. The molecule has 2 aromatic rings. The molecule has 2 heterocycles. The summed E-state index contributed by atoms with van der Waals surface area (Å²) in [5.74, 6) is 0.512. The van der Waals surface area contributed by atoms with Crippen LogP contribution in [0.3, 0.4) is 0 Å². The number of rotatable bonds is 7. The Labute approximate surface area is 178 Å². The Bertz CT molecular complexity index is 886. The maximum atomic E-state index is 12.6. The van der Waals surface area contributed by atoms with Crippen LogP contribution >= 0.6 is 0 Å². The Morgan fingerprint density at radius 3 is 2.40 bits per heavy atom. The molecule has 0 unspecified atom stereocenters. The number of aryl methyl sites for hydroxylation is 3. The maximum absolute atomic E-state index is 12.6. The van der Waals surface area contributed by atoms with Gasteiger partial charge in [0.1, 0.15) is 5.82 Å². The van der Waals surface area contributed by atoms with Crippen LogP contribution in [0, 0.1) is 20.8 Å². The van der Waals surface area contributed by atoms with Crippen LogP contribution in [0.2, 0.25) is 0 Å². The first-order chi connectivity index (χ1) is 14.4. The first-order valence-corrected chi connectivity index (χ1v) is 10.6. The summed E-state index contributed by atoms with van der Waals surface area (Å²) in [6.07, 6.45) is 4.10. The molecule has 7 heteroatoms. The third kappa shape index (κ3) is 6.35. The molecule has 0 atom stereocenters. The summed E-state index contributed by atoms with van der Waals surface area (Å²) >= 11 is 0. The topological polar surface area (TPSA) is 87.2 Å². The van der Waals surface area contributed by atoms with Crippen LogP contribution in [0.15, 0.2) is 24.3 Å². The van der Waals surface area contributed by atoms with Crippen LogP contribution < -0.4 is 10.6 Å². The molecule has 0 bridgehead atoms. The third-order valence-electron chi connectivity index (χ3n) is 5.25. The average Bonchev–Trinajstić information content (AvgIpc) is 2.69. The zero-order valence-corrected chi connectivity index (χ0v) is 18.1. The van der Waals surface area contributed by atoms with Crippen molar-refractivity contribution in [2.45, 2.75) is 46.5 Å². The molecule has 0 saturated carbocycles. The number of piperidine rings is 1. The fourth-order valence-corrected chi connectivity index (χ4v) is 3.71. The number of benzene rings is 1. The van der Waals surface area contributed by atoms with Crippen molar-refractivity contribution in [3.05, 3.63) is 52.6 Å². The maximum Gasteiger partial charge on any atom is 0.251 e. The van der Waals surface area contributed by atoms with Gasteiger partial charge in [-0.25, -0.2) is 9.97 Å². The first-order valence-electron chi connectivity index (χ1n) is 10.6. The molecule has 30 heavy (non-hydrogen) atoms. The summed E-state index contributed by atoms with van der Waals surface area (Å²) in [6.45, 7) is 8.58. The van der Waals surface area contributed by atoms with Crippen LogP contribution in [0.5, 0.6) is 0 Å². The van der Waals surface area contributed by atoms with E-state index in [9.17, 15) is 9.59 Å². The number of hydrogen-bond acceptors (Lipinski definition) is 5. The summed E-state index contributed by atoms with van der Waals surface area (Å²) in [5, 5.41) is 5.88. The number of aromatic nitrogens is 2. The Hall–Kier alpha value is -2.80. The minimum absolute atomic E-state index is 0.0375. The van der Waals surface area contributed by atoms with E-state index in [1.165, 1.54) is 6.42 Å². The molecule has 1 fully saturated rings. The number of hydrogen-bond donors (Lipinski definition) is 2. The molecule has 2 N–H and O–H groups in total. The minimum Gasteiger partial charge on any atom is -0.352 e. The molecule has 3 rings (SSSR count). The van der Waals surface area contributed by atoms with Crippen molar-refractivity contribution in [2.75, 3.05) is 31.5 Å². The molecule has 160 valence electrons. The quantitative estimate of drug-likeness (QED) is 0.734. The van der Waals surface area contributed by atoms with Gasteiger partial charge in [-0.05, 0) is 70.5 Å². The summed E-state index contributed by atoms with van der Waals surface area (Å²) in [7, 11) is 0. The highest BCUT2D eigenvalue weighted by molar-refractivity contribution is 5.98. The zero-order chi connectivity index (χ0) is 21.5. The van der Waals surface area contributed by atoms with Gasteiger partial charge in [0.2, 0.25) is 5.91 Å². The van der Waals surface area contributed by atoms with Gasteiger partial charge in [-0.3, -0.25) is 14.5 Å². The fourth-order valence-electron chi connectivity index (χ4n) is 3.71. The average molecular weight is 410 g/mol. The van der Waals surface area contributed by atoms with Gasteiger partial charge in [0, 0.05) is 35.6 Å². The third-order valence-corrected chi connectivity index (χ3v) is 5.25. The standard InChI is InChI=1S/C23H31N5O2/c1-16-7-8-19(14-20(16)27-22(29)15-28-11-5-4-6-12-28)23(30)24-10-9-21-25-17(2)13-18(3)26-21/h7-8,13-14H,4-6,9-12,15H2,1-3H3,(H,24,30)(H,27,29). The summed E-state index contributed by atoms with van der Waals surface area (Å²) in [6, 6.07) is 7.30. The Balaban J connectivity index is 1.55. The van der Waals surface area contributed by atoms with Crippen molar-refractivity contribution in [1.29, 1.82) is 0 Å². The number of nitrogens with zero attached hydrogens (tertiary/aromatic N) is 3. The molecule has 1 aliphatic rings. The lowest BCUT2D eigenvalue weighted by Crippen LogP contribution is -2.37. The van der Waals surface area contributed by atoms with Crippen LogP contribution in [0.25, 0.3) is 0 Å². The Morgan fingerprint density at radius 2 is 1.70 bits per heavy atom. The van der Waals surface area contributed by atoms with E-state index in [4.69, 9.17) is 0 Å². The molecule has 7 nitrogen and oxygen atoms in total. The van der Waals surface area contributed by atoms with E-state index in [-0.39, 0.29) is 11.8 Å². The van der Waals surface area contributed by atoms with Crippen molar-refractivity contribution in [3.8, 4) is 0 Å². The lowest BCUT2D eigenvalue weighted by Gasteiger charge is -2.25. The largest absolute Gasteiger partial charge is 0.352 e. The number of carbonyl (C=O) groups is 2. The summed E-state index contributed by atoms with van der Waals surface area (Å²) in [5.41, 5.74) is 3.99. The van der Waals surface area contributed by atoms with Gasteiger partial charge in [0.05, 0.1) is 6.54 Å². The highest BCUT2D eigenvalue weighted by atomic mass is 16.2. The minimum atomic E-state index is -0.175. The summed E-state index contributed by atoms with van der Waals surface area (Å²) in [4.78, 5) is 36.0. The molecule has 1 aliphatic heterocycles. The highest BCUT2D eigenvalue weighted by Gasteiger charge is 2.15. The number of nitrogens with one attached hydrogen (secondary N) is 2. The van der Waals surface area contributed by atoms with Gasteiger partial charge in [-0.2, -0.15) is 0 Å². The molecule has 0 aliphatic carbocycles. The van der Waals surface area contributed by atoms with Crippen molar-refractivity contribution in [3.63, 3.8) is 0 Å². The summed E-state index contributed by atoms with van der Waals surface area (Å²) < 4.78 is 0. The molecular formula is C23H31N5O2. The number of carbonyl (C=O) groups excluding carboxylic acids is 2. The normalized spacial score (nSPS) is 14.4. The molecule has 0 spiro atoms. The van der Waals surface area contributed by atoms with Crippen LogP contribution in [0.4, 0.5) is 5.69 Å². The van der Waals surface area contributed by atoms with E-state index in [1.54, 1.807) is 12.1 Å². The molecule has 1 saturated heterocycles. The van der Waals surface area contributed by atoms with Crippen LogP contribution in [-0.2, 0) is 11.2 Å². The first kappa shape index (κ1) is 21.9. The van der Waals surface area contributed by atoms with E-state index in [0.717, 1.165) is 48.7 Å². The molecule has 1 aromatic heterocycles. The van der Waals surface area contributed by atoms with Crippen molar-refractivity contribution < 1.29 is 9.59 Å². The van der Waals surface area contributed by atoms with E-state index in [0.29, 0.717) is 30.8 Å². The van der Waals surface area contributed by atoms with Gasteiger partial charge >= 0.3 is 0 Å². The lowest BCUT2D eigenvalue weighted by atomic mass is 10.1. The van der Waals surface area contributed by atoms with Crippen molar-refractivity contribution in [2.24, 2.45) is 0 Å². The smallest absolute Gasteiger partial charge is 0.251 e. The van der Waals surface area contributed by atoms with Crippen molar-refractivity contribution >= 4 is 17.5 Å². The molecule has 1 aromatic carbocycles. The van der Waals surface area contributed by atoms with Gasteiger partial charge in [-0.15, -0.1) is 0 Å². The van der Waals surface area contributed by atoms with Gasteiger partial charge in [0.15, 0.2) is 0 Å². The number of amides is 2. The van der Waals surface area contributed by atoms with E-state index < -0.39 is 0 Å². The highest BCUT2D eigenvalue weighted by Crippen LogP contribution is 2.17. The van der Waals surface area contributed by atoms with E-state index in [2.05, 4.69) is 25.5 Å². The molecular weight excluding hydrogens is 378 g/mol. The monoisotopic (exact) mass is 409 g/mol. The van der Waals surface area contributed by atoms with Crippen LogP contribution in [-0.4, -0.2) is 52.9 Å². The van der Waals surface area contributed by atoms with Gasteiger partial charge in [-0.1, -0.05) is 12.5 Å². The SMILES string of the molecule is Cc1cc(C)nc(CCNC(=O)c2ccc(C)c(NC(=O)CN3CCCCC3)c2)n1. The second kappa shape index (κ2) is 10.3. The molecule has 2 amide bonds.